The number of fused-ring (bicyclic) bond motifs is 3. The third-order valence-electron chi connectivity index (χ3n) is 8.29. The van der Waals surface area contributed by atoms with Gasteiger partial charge in [0.15, 0.2) is 0 Å². The summed E-state index contributed by atoms with van der Waals surface area (Å²) in [4.78, 5) is 45.6. The number of hydrogen-bond acceptors (Lipinski definition) is 5. The molecule has 2 amide bonds. The van der Waals surface area contributed by atoms with Gasteiger partial charge in [0.2, 0.25) is 5.91 Å². The number of amides is 2. The predicted octanol–water partition coefficient (Wildman–Crippen LogP) is 4.31. The van der Waals surface area contributed by atoms with E-state index >= 15 is 0 Å². The van der Waals surface area contributed by atoms with Crippen LogP contribution in [0.4, 0.5) is 10.5 Å². The van der Waals surface area contributed by atoms with Crippen LogP contribution in [0.2, 0.25) is 0 Å². The Balaban J connectivity index is 1.56. The number of imidazole rings is 1. The molecule has 1 aliphatic carbocycles. The van der Waals surface area contributed by atoms with Crippen molar-refractivity contribution in [2.24, 2.45) is 5.92 Å². The summed E-state index contributed by atoms with van der Waals surface area (Å²) in [5.41, 5.74) is 3.74. The summed E-state index contributed by atoms with van der Waals surface area (Å²) in [6.07, 6.45) is 7.53. The van der Waals surface area contributed by atoms with Gasteiger partial charge in [-0.3, -0.25) is 14.5 Å². The Morgan fingerprint density at radius 1 is 1.14 bits per heavy atom. The van der Waals surface area contributed by atoms with Gasteiger partial charge in [-0.05, 0) is 64.0 Å². The Kier molecular flexibility index (Phi) is 6.90. The number of aryl methyl sites for hydroxylation is 1. The number of anilines is 1. The van der Waals surface area contributed by atoms with Crippen molar-refractivity contribution in [1.82, 2.24) is 14.5 Å². The smallest absolute Gasteiger partial charge is 0.414 e. The number of carbonyl (C=O) groups is 3. The number of carboxylic acids is 1. The van der Waals surface area contributed by atoms with Crippen molar-refractivity contribution in [1.29, 1.82) is 0 Å². The fourth-order valence-electron chi connectivity index (χ4n) is 6.36. The number of methoxy groups -OCH3 is 1. The van der Waals surface area contributed by atoms with Gasteiger partial charge in [0.25, 0.3) is 0 Å². The zero-order valence-corrected chi connectivity index (χ0v) is 21.2. The van der Waals surface area contributed by atoms with Crippen LogP contribution in [0.5, 0.6) is 0 Å². The molecule has 0 spiro atoms. The molecule has 36 heavy (non-hydrogen) atoms. The first-order chi connectivity index (χ1) is 17.4. The van der Waals surface area contributed by atoms with Gasteiger partial charge in [-0.1, -0.05) is 6.42 Å². The molecular weight excluding hydrogens is 460 g/mol. The van der Waals surface area contributed by atoms with E-state index in [4.69, 9.17) is 9.72 Å². The van der Waals surface area contributed by atoms with Gasteiger partial charge in [-0.2, -0.15) is 0 Å². The normalized spacial score (nSPS) is 24.6. The van der Waals surface area contributed by atoms with Gasteiger partial charge in [0.05, 0.1) is 29.7 Å². The molecule has 0 radical (unpaired) electrons. The van der Waals surface area contributed by atoms with Gasteiger partial charge in [0.1, 0.15) is 5.82 Å². The van der Waals surface area contributed by atoms with E-state index in [-0.39, 0.29) is 30.0 Å². The van der Waals surface area contributed by atoms with Crippen LogP contribution in [-0.2, 0) is 27.2 Å². The van der Waals surface area contributed by atoms with Crippen LogP contribution < -0.4 is 4.90 Å². The fourth-order valence-corrected chi connectivity index (χ4v) is 6.36. The van der Waals surface area contributed by atoms with Crippen molar-refractivity contribution in [2.45, 2.75) is 83.2 Å². The third-order valence-corrected chi connectivity index (χ3v) is 8.29. The molecule has 0 bridgehead atoms. The monoisotopic (exact) mass is 496 g/mol. The molecule has 3 atom stereocenters. The Labute approximate surface area is 211 Å². The Bertz CT molecular complexity index is 1170. The minimum atomic E-state index is -0.732. The quantitative estimate of drug-likeness (QED) is 0.661. The van der Waals surface area contributed by atoms with Crippen molar-refractivity contribution >= 4 is 34.7 Å². The number of rotatable bonds is 5. The SMILES string of the molecule is COC(=O)N1c2ccc3c(nc(CCN4CCCCC4=O)n3[C@@H]3CCC[C@@H](C(=O)O)C3)c2CCC1C. The van der Waals surface area contributed by atoms with Gasteiger partial charge < -0.3 is 19.3 Å². The molecule has 1 N–H and O–H groups in total. The lowest BCUT2D eigenvalue weighted by atomic mass is 9.85. The third kappa shape index (κ3) is 4.44. The molecule has 1 aromatic heterocycles. The van der Waals surface area contributed by atoms with E-state index in [0.29, 0.717) is 32.2 Å². The largest absolute Gasteiger partial charge is 0.481 e. The van der Waals surface area contributed by atoms with Crippen molar-refractivity contribution < 1.29 is 24.2 Å². The number of piperidine rings is 1. The Morgan fingerprint density at radius 2 is 1.97 bits per heavy atom. The summed E-state index contributed by atoms with van der Waals surface area (Å²) in [5, 5.41) is 9.71. The molecule has 3 aliphatic rings. The molecule has 2 fully saturated rings. The van der Waals surface area contributed by atoms with Crippen LogP contribution in [0.25, 0.3) is 11.0 Å². The number of carboxylic acid groups (broad SMARTS) is 1. The highest BCUT2D eigenvalue weighted by atomic mass is 16.5. The molecule has 1 unspecified atom stereocenters. The summed E-state index contributed by atoms with van der Waals surface area (Å²) in [5.74, 6) is 0.0133. The second-order valence-electron chi connectivity index (χ2n) is 10.5. The van der Waals surface area contributed by atoms with Gasteiger partial charge in [-0.25, -0.2) is 9.78 Å². The van der Waals surface area contributed by atoms with Crippen LogP contribution in [0.15, 0.2) is 12.1 Å². The molecule has 2 aromatic rings. The standard InChI is InChI=1S/C27H36N4O5/c1-17-9-10-20-21(30(17)27(35)36-2)11-12-22-25(20)28-23(13-15-29-14-4-3-8-24(29)32)31(22)19-7-5-6-18(16-19)26(33)34/h11-12,17-19H,3-10,13-16H2,1-2H3,(H,33,34)/t17?,18-,19-/m1/s1. The first-order valence-corrected chi connectivity index (χ1v) is 13.3. The van der Waals surface area contributed by atoms with E-state index in [9.17, 15) is 19.5 Å². The second kappa shape index (κ2) is 10.1. The molecule has 9 heteroatoms. The van der Waals surface area contributed by atoms with Crippen LogP contribution in [-0.4, -0.2) is 63.8 Å². The van der Waals surface area contributed by atoms with Crippen LogP contribution >= 0.6 is 0 Å². The summed E-state index contributed by atoms with van der Waals surface area (Å²) < 4.78 is 7.32. The average molecular weight is 497 g/mol. The first kappa shape index (κ1) is 24.6. The molecule has 5 rings (SSSR count). The number of aliphatic carboxylic acids is 1. The first-order valence-electron chi connectivity index (χ1n) is 13.3. The van der Waals surface area contributed by atoms with E-state index in [1.165, 1.54) is 7.11 Å². The maximum Gasteiger partial charge on any atom is 0.414 e. The van der Waals surface area contributed by atoms with E-state index in [2.05, 4.69) is 4.57 Å². The second-order valence-corrected chi connectivity index (χ2v) is 10.5. The van der Waals surface area contributed by atoms with E-state index in [0.717, 1.165) is 73.2 Å². The summed E-state index contributed by atoms with van der Waals surface area (Å²) in [6.45, 7) is 3.42. The zero-order chi connectivity index (χ0) is 25.4. The van der Waals surface area contributed by atoms with E-state index in [1.54, 1.807) is 4.90 Å². The molecule has 9 nitrogen and oxygen atoms in total. The van der Waals surface area contributed by atoms with E-state index in [1.807, 2.05) is 24.0 Å². The zero-order valence-electron chi connectivity index (χ0n) is 21.2. The lowest BCUT2D eigenvalue weighted by molar-refractivity contribution is -0.143. The minimum Gasteiger partial charge on any atom is -0.481 e. The van der Waals surface area contributed by atoms with E-state index < -0.39 is 5.97 Å². The number of ether oxygens (including phenoxy) is 1. The van der Waals surface area contributed by atoms with Crippen molar-refractivity contribution in [2.75, 3.05) is 25.1 Å². The summed E-state index contributed by atoms with van der Waals surface area (Å²) in [6, 6.07) is 4.09. The number of carbonyl (C=O) groups excluding carboxylic acids is 2. The van der Waals surface area contributed by atoms with Gasteiger partial charge >= 0.3 is 12.1 Å². The number of nitrogens with zero attached hydrogens (tertiary/aromatic N) is 4. The average Bonchev–Trinajstić information content (AvgIpc) is 3.26. The van der Waals surface area contributed by atoms with Crippen LogP contribution in [0.1, 0.15) is 75.7 Å². The predicted molar refractivity (Wildman–Crippen MR) is 135 cm³/mol. The van der Waals surface area contributed by atoms with Gasteiger partial charge in [-0.15, -0.1) is 0 Å². The van der Waals surface area contributed by atoms with Crippen LogP contribution in [0.3, 0.4) is 0 Å². The molecule has 3 heterocycles. The maximum atomic E-state index is 12.6. The Morgan fingerprint density at radius 3 is 2.72 bits per heavy atom. The fraction of sp³-hybridized carbons (Fsp3) is 0.630. The molecule has 1 saturated heterocycles. The molecule has 1 aromatic carbocycles. The molecule has 1 saturated carbocycles. The molecule has 194 valence electrons. The summed E-state index contributed by atoms with van der Waals surface area (Å²) >= 11 is 0. The lowest BCUT2D eigenvalue weighted by Crippen LogP contribution is -2.42. The van der Waals surface area contributed by atoms with Crippen molar-refractivity contribution in [3.05, 3.63) is 23.5 Å². The van der Waals surface area contributed by atoms with Gasteiger partial charge in [0, 0.05) is 43.6 Å². The highest BCUT2D eigenvalue weighted by Crippen LogP contribution is 2.40. The number of aromatic nitrogens is 2. The van der Waals surface area contributed by atoms with Crippen molar-refractivity contribution in [3.8, 4) is 0 Å². The molecule has 2 aliphatic heterocycles. The van der Waals surface area contributed by atoms with Crippen LogP contribution in [0, 0.1) is 5.92 Å². The Hall–Kier alpha value is -3.10. The minimum absolute atomic E-state index is 0.0312. The highest BCUT2D eigenvalue weighted by Gasteiger charge is 2.34. The molecular formula is C27H36N4O5. The lowest BCUT2D eigenvalue weighted by Gasteiger charge is -2.34. The van der Waals surface area contributed by atoms with Crippen molar-refractivity contribution in [3.63, 3.8) is 0 Å². The number of likely N-dealkylation sites (tertiary alicyclic amines) is 1. The number of hydrogen-bond donors (Lipinski definition) is 1. The summed E-state index contributed by atoms with van der Waals surface area (Å²) in [7, 11) is 1.40. The topological polar surface area (TPSA) is 105 Å². The number of benzene rings is 1. The highest BCUT2D eigenvalue weighted by molar-refractivity contribution is 5.95. The maximum absolute atomic E-state index is 12.6.